The van der Waals surface area contributed by atoms with Crippen molar-refractivity contribution in [2.24, 2.45) is 0 Å². The number of nitrogens with zero attached hydrogens (tertiary/aromatic N) is 4. The maximum Gasteiger partial charge on any atom is 0.419 e. The SMILES string of the molecule is COC(=O)c1ccc([C@@H]2CN(CCC(F)(F)F)CCN2Cc2c(OC)cc(C)c3c2ccn3C(=O)OC(C)(C)C)cn1. The van der Waals surface area contributed by atoms with Gasteiger partial charge in [-0.2, -0.15) is 13.2 Å². The highest BCUT2D eigenvalue weighted by Crippen LogP contribution is 2.36. The molecule has 0 aliphatic carbocycles. The van der Waals surface area contributed by atoms with Crippen molar-refractivity contribution in [3.63, 3.8) is 0 Å². The number of esters is 1. The highest BCUT2D eigenvalue weighted by atomic mass is 19.4. The minimum absolute atomic E-state index is 0.113. The molecule has 3 heterocycles. The number of ether oxygens (including phenoxy) is 3. The number of aryl methyl sites for hydroxylation is 1. The minimum Gasteiger partial charge on any atom is -0.496 e. The van der Waals surface area contributed by atoms with Gasteiger partial charge in [-0.25, -0.2) is 14.6 Å². The number of carbonyl (C=O) groups excluding carboxylic acids is 2. The molecule has 3 aromatic rings. The molecule has 0 N–H and O–H groups in total. The van der Waals surface area contributed by atoms with Crippen LogP contribution in [0, 0.1) is 6.92 Å². The Kier molecular flexibility index (Phi) is 9.17. The molecule has 0 radical (unpaired) electrons. The van der Waals surface area contributed by atoms with Crippen LogP contribution in [-0.4, -0.2) is 83.6 Å². The van der Waals surface area contributed by atoms with Crippen LogP contribution in [0.15, 0.2) is 36.7 Å². The largest absolute Gasteiger partial charge is 0.496 e. The Labute approximate surface area is 243 Å². The van der Waals surface area contributed by atoms with E-state index in [0.717, 1.165) is 22.1 Å². The van der Waals surface area contributed by atoms with Crippen LogP contribution in [-0.2, 0) is 16.0 Å². The van der Waals surface area contributed by atoms with E-state index in [1.807, 2.05) is 19.1 Å². The lowest BCUT2D eigenvalue weighted by atomic mass is 9.99. The van der Waals surface area contributed by atoms with E-state index in [1.54, 1.807) is 57.3 Å². The molecule has 4 rings (SSSR count). The summed E-state index contributed by atoms with van der Waals surface area (Å²) in [5.41, 5.74) is 2.60. The lowest BCUT2D eigenvalue weighted by molar-refractivity contribution is -0.139. The number of hydrogen-bond donors (Lipinski definition) is 0. The average molecular weight is 591 g/mol. The van der Waals surface area contributed by atoms with Crippen molar-refractivity contribution in [2.45, 2.75) is 58.5 Å². The van der Waals surface area contributed by atoms with Gasteiger partial charge in [0.25, 0.3) is 0 Å². The summed E-state index contributed by atoms with van der Waals surface area (Å²) < 4.78 is 56.7. The zero-order valence-corrected chi connectivity index (χ0v) is 24.7. The van der Waals surface area contributed by atoms with Gasteiger partial charge in [0.05, 0.1) is 26.2 Å². The number of piperazine rings is 1. The summed E-state index contributed by atoms with van der Waals surface area (Å²) in [6.45, 7) is 8.85. The molecule has 0 amide bonds. The van der Waals surface area contributed by atoms with E-state index in [-0.39, 0.29) is 18.3 Å². The molecule has 1 aromatic carbocycles. The number of hydrogen-bond acceptors (Lipinski definition) is 8. The van der Waals surface area contributed by atoms with E-state index in [0.29, 0.717) is 37.4 Å². The van der Waals surface area contributed by atoms with Crippen LogP contribution in [0.3, 0.4) is 0 Å². The van der Waals surface area contributed by atoms with Crippen molar-refractivity contribution in [3.05, 3.63) is 59.0 Å². The Morgan fingerprint density at radius 3 is 2.43 bits per heavy atom. The van der Waals surface area contributed by atoms with Crippen LogP contribution in [0.1, 0.15) is 60.4 Å². The summed E-state index contributed by atoms with van der Waals surface area (Å²) in [4.78, 5) is 33.2. The van der Waals surface area contributed by atoms with Crippen LogP contribution in [0.25, 0.3) is 10.9 Å². The Morgan fingerprint density at radius 2 is 1.83 bits per heavy atom. The second kappa shape index (κ2) is 12.3. The van der Waals surface area contributed by atoms with Gasteiger partial charge in [0.15, 0.2) is 0 Å². The van der Waals surface area contributed by atoms with Gasteiger partial charge in [-0.1, -0.05) is 6.07 Å². The topological polar surface area (TPSA) is 86.1 Å². The number of benzene rings is 1. The maximum atomic E-state index is 13.0. The summed E-state index contributed by atoms with van der Waals surface area (Å²) in [5.74, 6) is 0.0643. The molecule has 12 heteroatoms. The van der Waals surface area contributed by atoms with Gasteiger partial charge in [0, 0.05) is 62.1 Å². The molecule has 1 aliphatic heterocycles. The molecule has 2 aromatic heterocycles. The zero-order valence-electron chi connectivity index (χ0n) is 24.7. The average Bonchev–Trinajstić information content (AvgIpc) is 3.38. The van der Waals surface area contributed by atoms with E-state index in [1.165, 1.54) is 11.7 Å². The molecule has 0 bridgehead atoms. The predicted molar refractivity (Wildman–Crippen MR) is 151 cm³/mol. The maximum absolute atomic E-state index is 13.0. The number of alkyl halides is 3. The molecule has 0 spiro atoms. The van der Waals surface area contributed by atoms with Crippen LogP contribution >= 0.6 is 0 Å². The van der Waals surface area contributed by atoms with Crippen molar-refractivity contribution in [2.75, 3.05) is 40.4 Å². The van der Waals surface area contributed by atoms with Gasteiger partial charge in [-0.15, -0.1) is 0 Å². The third-order valence-corrected chi connectivity index (χ3v) is 7.25. The lowest BCUT2D eigenvalue weighted by Crippen LogP contribution is -2.48. The number of carbonyl (C=O) groups is 2. The molecule has 1 fully saturated rings. The normalized spacial score (nSPS) is 16.9. The summed E-state index contributed by atoms with van der Waals surface area (Å²) in [5, 5.41) is 0.815. The fraction of sp³-hybridized carbons (Fsp3) is 0.500. The first-order valence-electron chi connectivity index (χ1n) is 13.7. The van der Waals surface area contributed by atoms with E-state index >= 15 is 0 Å². The highest BCUT2D eigenvalue weighted by Gasteiger charge is 2.33. The number of rotatable bonds is 7. The van der Waals surface area contributed by atoms with E-state index in [2.05, 4.69) is 9.88 Å². The third-order valence-electron chi connectivity index (χ3n) is 7.25. The molecular weight excluding hydrogens is 553 g/mol. The standard InChI is InChI=1S/C30H37F3N4O5/c1-19-15-25(40-5)22(21-9-11-37(26(19)21)28(39)42-29(2,3)4)17-36-14-13-35(12-10-30(31,32)33)18-24(36)20-7-8-23(34-16-20)27(38)41-6/h7-9,11,15-16,24H,10,12-14,17-18H2,1-6H3/t24-/m0/s1. The van der Waals surface area contributed by atoms with Gasteiger partial charge in [0.2, 0.25) is 0 Å². The molecule has 42 heavy (non-hydrogen) atoms. The molecule has 228 valence electrons. The highest BCUT2D eigenvalue weighted by molar-refractivity contribution is 5.95. The van der Waals surface area contributed by atoms with Crippen LogP contribution in [0.4, 0.5) is 18.0 Å². The summed E-state index contributed by atoms with van der Waals surface area (Å²) >= 11 is 0. The molecule has 1 saturated heterocycles. The Balaban J connectivity index is 1.71. The Hall–Kier alpha value is -3.64. The second-order valence-electron chi connectivity index (χ2n) is 11.4. The first-order valence-corrected chi connectivity index (χ1v) is 13.7. The first kappa shape index (κ1) is 31.3. The second-order valence-corrected chi connectivity index (χ2v) is 11.4. The zero-order chi connectivity index (χ0) is 30.8. The summed E-state index contributed by atoms with van der Waals surface area (Å²) in [6.07, 6.45) is -2.40. The minimum atomic E-state index is -4.25. The quantitative estimate of drug-likeness (QED) is 0.323. The summed E-state index contributed by atoms with van der Waals surface area (Å²) in [6, 6.07) is 6.72. The fourth-order valence-corrected chi connectivity index (χ4v) is 5.27. The number of aromatic nitrogens is 2. The lowest BCUT2D eigenvalue weighted by Gasteiger charge is -2.42. The smallest absolute Gasteiger partial charge is 0.419 e. The van der Waals surface area contributed by atoms with Crippen molar-refractivity contribution >= 4 is 23.0 Å². The molecule has 1 aliphatic rings. The molecule has 0 saturated carbocycles. The van der Waals surface area contributed by atoms with Crippen LogP contribution < -0.4 is 4.74 Å². The van der Waals surface area contributed by atoms with Crippen molar-refractivity contribution in [3.8, 4) is 5.75 Å². The van der Waals surface area contributed by atoms with Gasteiger partial charge < -0.3 is 14.2 Å². The van der Waals surface area contributed by atoms with E-state index in [9.17, 15) is 22.8 Å². The van der Waals surface area contributed by atoms with Crippen molar-refractivity contribution in [1.82, 2.24) is 19.4 Å². The predicted octanol–water partition coefficient (Wildman–Crippen LogP) is 5.73. The number of fused-ring (bicyclic) bond motifs is 1. The van der Waals surface area contributed by atoms with Gasteiger partial charge in [0.1, 0.15) is 17.0 Å². The molecular formula is C30H37F3N4O5. The third kappa shape index (κ3) is 7.22. The Bertz CT molecular complexity index is 1430. The van der Waals surface area contributed by atoms with Crippen LogP contribution in [0.2, 0.25) is 0 Å². The first-order chi connectivity index (χ1) is 19.7. The van der Waals surface area contributed by atoms with E-state index < -0.39 is 30.3 Å². The van der Waals surface area contributed by atoms with Crippen LogP contribution in [0.5, 0.6) is 5.75 Å². The number of pyridine rings is 1. The van der Waals surface area contributed by atoms with Gasteiger partial charge >= 0.3 is 18.2 Å². The molecule has 1 atom stereocenters. The fourth-order valence-electron chi connectivity index (χ4n) is 5.27. The molecule has 9 nitrogen and oxygen atoms in total. The van der Waals surface area contributed by atoms with Crippen molar-refractivity contribution < 1.29 is 37.0 Å². The van der Waals surface area contributed by atoms with Gasteiger partial charge in [-0.05, 0) is 57.0 Å². The van der Waals surface area contributed by atoms with Crippen molar-refractivity contribution in [1.29, 1.82) is 0 Å². The number of methoxy groups -OCH3 is 2. The van der Waals surface area contributed by atoms with E-state index in [4.69, 9.17) is 14.2 Å². The monoisotopic (exact) mass is 590 g/mol. The molecule has 0 unspecified atom stereocenters. The number of halogens is 3. The van der Waals surface area contributed by atoms with Gasteiger partial charge in [-0.3, -0.25) is 14.4 Å². The summed E-state index contributed by atoms with van der Waals surface area (Å²) in [7, 11) is 2.85. The Morgan fingerprint density at radius 1 is 1.10 bits per heavy atom.